The van der Waals surface area contributed by atoms with Gasteiger partial charge in [-0.05, 0) is 44.0 Å². The molecule has 82 valence electrons. The van der Waals surface area contributed by atoms with E-state index in [4.69, 9.17) is 11.6 Å². The number of benzene rings is 1. The average molecular weight is 245 g/mol. The quantitative estimate of drug-likeness (QED) is 0.803. The average Bonchev–Trinajstić information content (AvgIpc) is 2.14. The van der Waals surface area contributed by atoms with Crippen molar-refractivity contribution in [3.05, 3.63) is 29.3 Å². The van der Waals surface area contributed by atoms with Crippen molar-refractivity contribution in [3.8, 4) is 0 Å². The van der Waals surface area contributed by atoms with Crippen LogP contribution in [-0.2, 0) is 0 Å². The standard InChI is InChI=1S/C10H13ClN2OS/c1-7(2)12-10(14)13-15-9-5-3-4-8(11)6-9/h3-7H,1-2H3,(H2,12,13,14). The van der Waals surface area contributed by atoms with Gasteiger partial charge in [0.25, 0.3) is 0 Å². The third-order valence-electron chi connectivity index (χ3n) is 1.48. The second-order valence-electron chi connectivity index (χ2n) is 3.29. The maximum Gasteiger partial charge on any atom is 0.325 e. The number of rotatable bonds is 3. The molecule has 2 N–H and O–H groups in total. The summed E-state index contributed by atoms with van der Waals surface area (Å²) in [6.07, 6.45) is 0. The molecule has 0 fully saturated rings. The molecule has 3 nitrogen and oxygen atoms in total. The van der Waals surface area contributed by atoms with Gasteiger partial charge in [-0.2, -0.15) is 0 Å². The lowest BCUT2D eigenvalue weighted by molar-refractivity contribution is 0.244. The first-order chi connectivity index (χ1) is 7.08. The van der Waals surface area contributed by atoms with Crippen molar-refractivity contribution in [2.24, 2.45) is 0 Å². The summed E-state index contributed by atoms with van der Waals surface area (Å²) in [5.41, 5.74) is 0. The Morgan fingerprint density at radius 1 is 1.47 bits per heavy atom. The minimum atomic E-state index is -0.199. The van der Waals surface area contributed by atoms with Gasteiger partial charge in [0.1, 0.15) is 0 Å². The fourth-order valence-electron chi connectivity index (χ4n) is 0.927. The van der Waals surface area contributed by atoms with Crippen molar-refractivity contribution in [2.45, 2.75) is 24.8 Å². The summed E-state index contributed by atoms with van der Waals surface area (Å²) in [5.74, 6) is 0. The predicted octanol–water partition coefficient (Wildman–Crippen LogP) is 3.05. The molecular formula is C10H13ClN2OS. The van der Waals surface area contributed by atoms with Crippen molar-refractivity contribution in [1.29, 1.82) is 0 Å². The number of carbonyl (C=O) groups excluding carboxylic acids is 1. The maximum atomic E-state index is 11.2. The van der Waals surface area contributed by atoms with Crippen LogP contribution in [0, 0.1) is 0 Å². The van der Waals surface area contributed by atoms with E-state index < -0.39 is 0 Å². The Hall–Kier alpha value is -0.870. The van der Waals surface area contributed by atoms with Crippen LogP contribution in [0.5, 0.6) is 0 Å². The molecule has 5 heteroatoms. The number of hydrogen-bond donors (Lipinski definition) is 2. The summed E-state index contributed by atoms with van der Waals surface area (Å²) in [6, 6.07) is 7.24. The Morgan fingerprint density at radius 2 is 2.20 bits per heavy atom. The minimum Gasteiger partial charge on any atom is -0.335 e. The second-order valence-corrected chi connectivity index (χ2v) is 4.61. The van der Waals surface area contributed by atoms with Crippen LogP contribution in [0.3, 0.4) is 0 Å². The highest BCUT2D eigenvalue weighted by Crippen LogP contribution is 2.18. The Kier molecular flexibility index (Phi) is 4.78. The summed E-state index contributed by atoms with van der Waals surface area (Å²) >= 11 is 7.04. The van der Waals surface area contributed by atoms with Crippen molar-refractivity contribution in [3.63, 3.8) is 0 Å². The molecule has 1 rings (SSSR count). The molecule has 0 bridgehead atoms. The van der Waals surface area contributed by atoms with Crippen LogP contribution in [0.25, 0.3) is 0 Å². The molecule has 1 aromatic rings. The SMILES string of the molecule is CC(C)NC(=O)NSc1cccc(Cl)c1. The van der Waals surface area contributed by atoms with E-state index in [1.165, 1.54) is 11.9 Å². The van der Waals surface area contributed by atoms with Crippen LogP contribution in [0.2, 0.25) is 5.02 Å². The maximum absolute atomic E-state index is 11.2. The van der Waals surface area contributed by atoms with Gasteiger partial charge in [0.2, 0.25) is 0 Å². The van der Waals surface area contributed by atoms with Crippen molar-refractivity contribution in [2.75, 3.05) is 0 Å². The van der Waals surface area contributed by atoms with Gasteiger partial charge in [-0.15, -0.1) is 0 Å². The third-order valence-corrected chi connectivity index (χ3v) is 2.49. The zero-order valence-corrected chi connectivity index (χ0v) is 10.2. The van der Waals surface area contributed by atoms with Crippen LogP contribution in [0.4, 0.5) is 4.79 Å². The smallest absolute Gasteiger partial charge is 0.325 e. The molecule has 0 atom stereocenters. The molecule has 0 aliphatic carbocycles. The monoisotopic (exact) mass is 244 g/mol. The van der Waals surface area contributed by atoms with Crippen LogP contribution in [0.15, 0.2) is 29.2 Å². The molecule has 0 heterocycles. The molecule has 0 aliphatic heterocycles. The van der Waals surface area contributed by atoms with E-state index in [0.717, 1.165) is 4.90 Å². The number of nitrogens with one attached hydrogen (secondary N) is 2. The van der Waals surface area contributed by atoms with Gasteiger partial charge in [-0.3, -0.25) is 4.72 Å². The minimum absolute atomic E-state index is 0.130. The lowest BCUT2D eigenvalue weighted by atomic mass is 10.4. The van der Waals surface area contributed by atoms with Crippen LogP contribution < -0.4 is 10.0 Å². The van der Waals surface area contributed by atoms with Crippen molar-refractivity contribution < 1.29 is 4.79 Å². The van der Waals surface area contributed by atoms with E-state index in [1.807, 2.05) is 26.0 Å². The first-order valence-electron chi connectivity index (χ1n) is 4.57. The normalized spacial score (nSPS) is 10.1. The first kappa shape index (κ1) is 12.2. The summed E-state index contributed by atoms with van der Waals surface area (Å²) in [6.45, 7) is 3.81. The van der Waals surface area contributed by atoms with Crippen LogP contribution in [0.1, 0.15) is 13.8 Å². The Labute approximate surface area is 98.7 Å². The van der Waals surface area contributed by atoms with E-state index in [-0.39, 0.29) is 12.1 Å². The van der Waals surface area contributed by atoms with Gasteiger partial charge in [0.15, 0.2) is 0 Å². The summed E-state index contributed by atoms with van der Waals surface area (Å²) in [4.78, 5) is 12.1. The molecule has 0 saturated carbocycles. The highest BCUT2D eigenvalue weighted by molar-refractivity contribution is 7.98. The molecular weight excluding hydrogens is 232 g/mol. The zero-order valence-electron chi connectivity index (χ0n) is 8.58. The molecule has 1 aromatic carbocycles. The van der Waals surface area contributed by atoms with E-state index in [9.17, 15) is 4.79 Å². The fourth-order valence-corrected chi connectivity index (χ4v) is 1.78. The molecule has 0 aliphatic rings. The molecule has 0 saturated heterocycles. The van der Waals surface area contributed by atoms with E-state index in [0.29, 0.717) is 5.02 Å². The summed E-state index contributed by atoms with van der Waals surface area (Å²) in [5, 5.41) is 3.38. The highest BCUT2D eigenvalue weighted by Gasteiger charge is 2.02. The largest absolute Gasteiger partial charge is 0.335 e. The van der Waals surface area contributed by atoms with Gasteiger partial charge < -0.3 is 5.32 Å². The molecule has 15 heavy (non-hydrogen) atoms. The topological polar surface area (TPSA) is 41.1 Å². The van der Waals surface area contributed by atoms with Gasteiger partial charge in [-0.25, -0.2) is 4.79 Å². The molecule has 2 amide bonds. The molecule has 0 unspecified atom stereocenters. The highest BCUT2D eigenvalue weighted by atomic mass is 35.5. The van der Waals surface area contributed by atoms with Gasteiger partial charge in [0.05, 0.1) is 0 Å². The number of amides is 2. The van der Waals surface area contributed by atoms with E-state index in [1.54, 1.807) is 12.1 Å². The lowest BCUT2D eigenvalue weighted by Gasteiger charge is -2.09. The number of halogens is 1. The van der Waals surface area contributed by atoms with Gasteiger partial charge in [0, 0.05) is 16.0 Å². The Balaban J connectivity index is 2.40. The van der Waals surface area contributed by atoms with Crippen LogP contribution >= 0.6 is 23.5 Å². The number of urea groups is 1. The predicted molar refractivity (Wildman–Crippen MR) is 64.1 cm³/mol. The number of hydrogen-bond acceptors (Lipinski definition) is 2. The summed E-state index contributed by atoms with van der Waals surface area (Å²) in [7, 11) is 0. The molecule has 0 spiro atoms. The first-order valence-corrected chi connectivity index (χ1v) is 5.76. The van der Waals surface area contributed by atoms with Crippen molar-refractivity contribution >= 4 is 29.6 Å². The number of carbonyl (C=O) groups is 1. The van der Waals surface area contributed by atoms with E-state index in [2.05, 4.69) is 10.0 Å². The molecule has 0 aromatic heterocycles. The second kappa shape index (κ2) is 5.88. The Morgan fingerprint density at radius 3 is 2.80 bits per heavy atom. The van der Waals surface area contributed by atoms with Gasteiger partial charge in [-0.1, -0.05) is 17.7 Å². The van der Waals surface area contributed by atoms with Crippen molar-refractivity contribution in [1.82, 2.24) is 10.0 Å². The van der Waals surface area contributed by atoms with E-state index >= 15 is 0 Å². The van der Waals surface area contributed by atoms with Gasteiger partial charge >= 0.3 is 6.03 Å². The summed E-state index contributed by atoms with van der Waals surface area (Å²) < 4.78 is 2.67. The Bertz CT molecular complexity index is 344. The molecule has 0 radical (unpaired) electrons. The fraction of sp³-hybridized carbons (Fsp3) is 0.300. The lowest BCUT2D eigenvalue weighted by Crippen LogP contribution is -2.36. The third kappa shape index (κ3) is 4.95. The van der Waals surface area contributed by atoms with Crippen LogP contribution in [-0.4, -0.2) is 12.1 Å². The zero-order chi connectivity index (χ0) is 11.3.